The van der Waals surface area contributed by atoms with Gasteiger partial charge in [0.05, 0.1) is 13.1 Å². The molecule has 2 nitrogen and oxygen atoms in total. The zero-order chi connectivity index (χ0) is 30.2. The molecule has 0 aliphatic rings. The molecule has 0 radical (unpaired) electrons. The first-order valence-corrected chi connectivity index (χ1v) is 19.9. The van der Waals surface area contributed by atoms with Crippen molar-refractivity contribution in [3.8, 4) is 0 Å². The van der Waals surface area contributed by atoms with Crippen molar-refractivity contribution in [2.45, 2.75) is 239 Å². The van der Waals surface area contributed by atoms with Crippen molar-refractivity contribution in [1.29, 1.82) is 0 Å². The summed E-state index contributed by atoms with van der Waals surface area (Å²) >= 11 is 0. The fourth-order valence-corrected chi connectivity index (χ4v) is 6.68. The van der Waals surface area contributed by atoms with E-state index in [0.717, 1.165) is 0 Å². The van der Waals surface area contributed by atoms with E-state index in [0.29, 0.717) is 0 Å². The largest absolute Gasteiger partial charge is 0.256 e. The minimum absolute atomic E-state index is 1.23. The fourth-order valence-electron chi connectivity index (χ4n) is 6.68. The SMILES string of the molecule is CCCCCCCCCCCCCCCc1n(CCCCCCCCCCCCC)cc[n+]1CCCCCCCCC. The summed E-state index contributed by atoms with van der Waals surface area (Å²) in [7, 11) is 0. The van der Waals surface area contributed by atoms with Crippen LogP contribution < -0.4 is 4.57 Å². The Kier molecular flexibility index (Phi) is 29.5. The molecule has 0 saturated carbocycles. The average Bonchev–Trinajstić information content (AvgIpc) is 3.38. The van der Waals surface area contributed by atoms with Crippen LogP contribution in [0.25, 0.3) is 0 Å². The summed E-state index contributed by atoms with van der Waals surface area (Å²) in [5.41, 5.74) is 0. The maximum atomic E-state index is 2.63. The fraction of sp³-hybridized carbons (Fsp3) is 0.925. The molecule has 0 atom stereocenters. The Bertz CT molecular complexity index is 648. The van der Waals surface area contributed by atoms with Gasteiger partial charge in [-0.2, -0.15) is 0 Å². The van der Waals surface area contributed by atoms with Gasteiger partial charge in [-0.1, -0.05) is 188 Å². The van der Waals surface area contributed by atoms with Gasteiger partial charge in [-0.3, -0.25) is 0 Å². The van der Waals surface area contributed by atoms with Gasteiger partial charge in [-0.25, -0.2) is 9.13 Å². The second-order valence-corrected chi connectivity index (χ2v) is 13.8. The van der Waals surface area contributed by atoms with Crippen LogP contribution in [0.2, 0.25) is 0 Å². The Balaban J connectivity index is 2.28. The summed E-state index contributed by atoms with van der Waals surface area (Å²) in [6.07, 6.45) is 50.4. The maximum absolute atomic E-state index is 2.63. The van der Waals surface area contributed by atoms with Gasteiger partial charge >= 0.3 is 0 Å². The smallest absolute Gasteiger partial charge is 0.234 e. The zero-order valence-corrected chi connectivity index (χ0v) is 29.6. The Morgan fingerprint density at radius 3 is 1.14 bits per heavy atom. The predicted molar refractivity (Wildman–Crippen MR) is 188 cm³/mol. The van der Waals surface area contributed by atoms with Crippen molar-refractivity contribution in [2.24, 2.45) is 0 Å². The summed E-state index contributed by atoms with van der Waals surface area (Å²) in [5, 5.41) is 0. The van der Waals surface area contributed by atoms with Crippen molar-refractivity contribution in [1.82, 2.24) is 4.57 Å². The van der Waals surface area contributed by atoms with Crippen molar-refractivity contribution in [3.63, 3.8) is 0 Å². The number of rotatable bonds is 34. The molecule has 0 N–H and O–H groups in total. The first-order chi connectivity index (χ1) is 20.8. The third-order valence-electron chi connectivity index (χ3n) is 9.60. The number of hydrogen-bond donors (Lipinski definition) is 0. The van der Waals surface area contributed by atoms with Crippen molar-refractivity contribution < 1.29 is 4.57 Å². The van der Waals surface area contributed by atoms with Gasteiger partial charge < -0.3 is 0 Å². The molecule has 0 spiro atoms. The molecule has 0 amide bonds. The van der Waals surface area contributed by atoms with Gasteiger partial charge in [0.15, 0.2) is 0 Å². The number of aryl methyl sites for hydroxylation is 2. The molecule has 1 aromatic rings. The molecule has 0 saturated heterocycles. The highest BCUT2D eigenvalue weighted by atomic mass is 15.1. The molecule has 0 unspecified atom stereocenters. The van der Waals surface area contributed by atoms with Gasteiger partial charge in [0, 0.05) is 6.42 Å². The maximum Gasteiger partial charge on any atom is 0.256 e. The van der Waals surface area contributed by atoms with Crippen molar-refractivity contribution in [3.05, 3.63) is 18.2 Å². The number of unbranched alkanes of at least 4 members (excludes halogenated alkanes) is 28. The molecular weight excluding hydrogens is 508 g/mol. The highest BCUT2D eigenvalue weighted by molar-refractivity contribution is 4.84. The molecule has 1 aromatic heterocycles. The van der Waals surface area contributed by atoms with E-state index < -0.39 is 0 Å². The lowest BCUT2D eigenvalue weighted by atomic mass is 10.0. The van der Waals surface area contributed by atoms with Crippen LogP contribution in [0, 0.1) is 0 Å². The van der Waals surface area contributed by atoms with Crippen LogP contribution in [0.15, 0.2) is 12.4 Å². The Labute approximate surface area is 266 Å². The zero-order valence-electron chi connectivity index (χ0n) is 29.6. The third-order valence-corrected chi connectivity index (χ3v) is 9.60. The van der Waals surface area contributed by atoms with Crippen LogP contribution in [0.3, 0.4) is 0 Å². The Morgan fingerprint density at radius 1 is 0.405 bits per heavy atom. The summed E-state index contributed by atoms with van der Waals surface area (Å²) in [5.74, 6) is 1.62. The lowest BCUT2D eigenvalue weighted by Crippen LogP contribution is -2.37. The Hall–Kier alpha value is -0.790. The molecule has 1 rings (SSSR count). The standard InChI is InChI=1S/C40H79N2/c1-4-7-10-13-16-18-20-21-22-24-26-29-32-35-40-41(36-33-30-27-15-12-9-6-3)38-39-42(40)37-34-31-28-25-23-19-17-14-11-8-5-2/h38-39H,4-37H2,1-3H3/q+1. The van der Waals surface area contributed by atoms with E-state index in [4.69, 9.17) is 0 Å². The van der Waals surface area contributed by atoms with Crippen LogP contribution in [-0.4, -0.2) is 4.57 Å². The van der Waals surface area contributed by atoms with Crippen molar-refractivity contribution in [2.75, 3.05) is 0 Å². The van der Waals surface area contributed by atoms with Crippen LogP contribution in [0.4, 0.5) is 0 Å². The van der Waals surface area contributed by atoms with Gasteiger partial charge in [-0.15, -0.1) is 0 Å². The number of hydrogen-bond acceptors (Lipinski definition) is 0. The minimum atomic E-state index is 1.23. The summed E-state index contributed by atoms with van der Waals surface area (Å²) in [6, 6.07) is 0. The molecular formula is C40H79N2+. The van der Waals surface area contributed by atoms with Crippen LogP contribution in [-0.2, 0) is 19.5 Å². The summed E-state index contributed by atoms with van der Waals surface area (Å²) in [6.45, 7) is 9.40. The van der Waals surface area contributed by atoms with E-state index in [1.54, 1.807) is 5.82 Å². The van der Waals surface area contributed by atoms with E-state index in [-0.39, 0.29) is 0 Å². The predicted octanol–water partition coefficient (Wildman–Crippen LogP) is 13.5. The third kappa shape index (κ3) is 23.6. The van der Waals surface area contributed by atoms with E-state index in [9.17, 15) is 0 Å². The lowest BCUT2D eigenvalue weighted by Gasteiger charge is -2.07. The van der Waals surface area contributed by atoms with E-state index >= 15 is 0 Å². The van der Waals surface area contributed by atoms with E-state index in [2.05, 4.69) is 42.3 Å². The quantitative estimate of drug-likeness (QED) is 0.0560. The summed E-state index contributed by atoms with van der Waals surface area (Å²) < 4.78 is 5.26. The molecule has 1 heterocycles. The normalized spacial score (nSPS) is 11.6. The molecule has 248 valence electrons. The first-order valence-electron chi connectivity index (χ1n) is 19.9. The number of imidazole rings is 1. The topological polar surface area (TPSA) is 8.81 Å². The molecule has 0 aliphatic carbocycles. The molecule has 42 heavy (non-hydrogen) atoms. The highest BCUT2D eigenvalue weighted by Crippen LogP contribution is 2.15. The van der Waals surface area contributed by atoms with E-state index in [1.807, 2.05) is 0 Å². The van der Waals surface area contributed by atoms with Crippen molar-refractivity contribution >= 4 is 0 Å². The van der Waals surface area contributed by atoms with Crippen LogP contribution in [0.5, 0.6) is 0 Å². The molecule has 0 bridgehead atoms. The summed E-state index contributed by atoms with van der Waals surface area (Å²) in [4.78, 5) is 0. The van der Waals surface area contributed by atoms with Crippen LogP contribution in [0.1, 0.15) is 226 Å². The molecule has 2 heteroatoms. The van der Waals surface area contributed by atoms with Gasteiger partial charge in [0.25, 0.3) is 5.82 Å². The van der Waals surface area contributed by atoms with E-state index in [1.165, 1.54) is 219 Å². The minimum Gasteiger partial charge on any atom is -0.234 e. The molecule has 0 aromatic carbocycles. The average molecular weight is 588 g/mol. The molecule has 0 aliphatic heterocycles. The van der Waals surface area contributed by atoms with Gasteiger partial charge in [-0.05, 0) is 32.1 Å². The van der Waals surface area contributed by atoms with Gasteiger partial charge in [0.2, 0.25) is 0 Å². The lowest BCUT2D eigenvalue weighted by molar-refractivity contribution is -0.704. The van der Waals surface area contributed by atoms with Gasteiger partial charge in [0.1, 0.15) is 12.4 Å². The Morgan fingerprint density at radius 2 is 0.738 bits per heavy atom. The highest BCUT2D eigenvalue weighted by Gasteiger charge is 2.16. The second-order valence-electron chi connectivity index (χ2n) is 13.8. The molecule has 0 fully saturated rings. The number of aromatic nitrogens is 2. The van der Waals surface area contributed by atoms with Crippen LogP contribution >= 0.6 is 0 Å². The first kappa shape index (κ1) is 39.2. The number of nitrogens with zero attached hydrogens (tertiary/aromatic N) is 2. The second kappa shape index (κ2) is 31.6. The monoisotopic (exact) mass is 588 g/mol.